The minimum atomic E-state index is 0.406. The van der Waals surface area contributed by atoms with Crippen LogP contribution in [0.4, 0.5) is 0 Å². The van der Waals surface area contributed by atoms with Gasteiger partial charge in [0.25, 0.3) is 0 Å². The largest absolute Gasteiger partial charge is 0.486 e. The van der Waals surface area contributed by atoms with Crippen molar-refractivity contribution in [2.45, 2.75) is 20.1 Å². The van der Waals surface area contributed by atoms with Gasteiger partial charge in [0, 0.05) is 11.6 Å². The number of rotatable bonds is 5. The van der Waals surface area contributed by atoms with Crippen molar-refractivity contribution >= 4 is 22.6 Å². The van der Waals surface area contributed by atoms with Gasteiger partial charge >= 0.3 is 0 Å². The zero-order valence-electron chi connectivity index (χ0n) is 12.4. The molecule has 3 nitrogen and oxygen atoms in total. The summed E-state index contributed by atoms with van der Waals surface area (Å²) in [6.45, 7) is 7.04. The Kier molecular flexibility index (Phi) is 4.16. The summed E-state index contributed by atoms with van der Waals surface area (Å²) in [7, 11) is 0. The number of imidazole rings is 1. The van der Waals surface area contributed by atoms with E-state index >= 15 is 0 Å². The van der Waals surface area contributed by atoms with Crippen LogP contribution in [0.15, 0.2) is 55.1 Å². The Hall–Kier alpha value is -2.26. The number of benzene rings is 2. The topological polar surface area (TPSA) is 27.1 Å². The summed E-state index contributed by atoms with van der Waals surface area (Å²) >= 11 is 5.88. The molecule has 4 heteroatoms. The summed E-state index contributed by atoms with van der Waals surface area (Å²) in [4.78, 5) is 4.69. The smallest absolute Gasteiger partial charge is 0.148 e. The number of hydrogen-bond donors (Lipinski definition) is 0. The van der Waals surface area contributed by atoms with Gasteiger partial charge < -0.3 is 9.30 Å². The molecule has 3 aromatic rings. The molecule has 3 rings (SSSR count). The van der Waals surface area contributed by atoms with Gasteiger partial charge in [0.1, 0.15) is 18.2 Å². The van der Waals surface area contributed by atoms with E-state index in [-0.39, 0.29) is 0 Å². The van der Waals surface area contributed by atoms with Crippen LogP contribution >= 0.6 is 11.6 Å². The highest BCUT2D eigenvalue weighted by atomic mass is 35.5. The van der Waals surface area contributed by atoms with E-state index in [0.29, 0.717) is 18.2 Å². The molecule has 22 heavy (non-hydrogen) atoms. The predicted octanol–water partition coefficient (Wildman–Crippen LogP) is 4.76. The fourth-order valence-corrected chi connectivity index (χ4v) is 2.65. The number of hydrogen-bond acceptors (Lipinski definition) is 2. The van der Waals surface area contributed by atoms with Crippen molar-refractivity contribution in [2.24, 2.45) is 0 Å². The second-order valence-corrected chi connectivity index (χ2v) is 5.55. The third-order valence-electron chi connectivity index (χ3n) is 3.54. The minimum absolute atomic E-state index is 0.406. The Morgan fingerprint density at radius 3 is 2.73 bits per heavy atom. The summed E-state index contributed by atoms with van der Waals surface area (Å²) < 4.78 is 7.97. The van der Waals surface area contributed by atoms with E-state index in [9.17, 15) is 0 Å². The standard InChI is InChI=1S/C18H17ClN2O/c1-3-11-21-17(12-22-15-9-7-14(19)8-10-15)20-16-6-4-5-13(2)18(16)21/h3-10H,1,11-12H2,2H3. The third-order valence-corrected chi connectivity index (χ3v) is 3.79. The Morgan fingerprint density at radius 2 is 2.00 bits per heavy atom. The maximum Gasteiger partial charge on any atom is 0.148 e. The van der Waals surface area contributed by atoms with Crippen LogP contribution in [-0.4, -0.2) is 9.55 Å². The van der Waals surface area contributed by atoms with E-state index in [2.05, 4.69) is 29.1 Å². The van der Waals surface area contributed by atoms with Gasteiger partial charge in [-0.2, -0.15) is 0 Å². The third kappa shape index (κ3) is 2.85. The molecule has 112 valence electrons. The van der Waals surface area contributed by atoms with Crippen molar-refractivity contribution in [2.75, 3.05) is 0 Å². The molecule has 0 amide bonds. The van der Waals surface area contributed by atoms with Crippen molar-refractivity contribution in [1.29, 1.82) is 0 Å². The molecule has 0 radical (unpaired) electrons. The summed E-state index contributed by atoms with van der Waals surface area (Å²) in [5, 5.41) is 0.696. The molecule has 0 atom stereocenters. The van der Waals surface area contributed by atoms with Crippen LogP contribution in [0.1, 0.15) is 11.4 Å². The monoisotopic (exact) mass is 312 g/mol. The van der Waals surface area contributed by atoms with Crippen molar-refractivity contribution in [3.63, 3.8) is 0 Å². The lowest BCUT2D eigenvalue weighted by Gasteiger charge is -2.09. The van der Waals surface area contributed by atoms with Gasteiger partial charge in [0.2, 0.25) is 0 Å². The number of allylic oxidation sites excluding steroid dienone is 1. The molecule has 0 unspecified atom stereocenters. The number of fused-ring (bicyclic) bond motifs is 1. The first kappa shape index (κ1) is 14.7. The summed E-state index contributed by atoms with van der Waals surface area (Å²) in [6, 6.07) is 13.5. The van der Waals surface area contributed by atoms with Gasteiger partial charge in [-0.1, -0.05) is 29.8 Å². The fraction of sp³-hybridized carbons (Fsp3) is 0.167. The van der Waals surface area contributed by atoms with Gasteiger partial charge in [0.05, 0.1) is 11.0 Å². The van der Waals surface area contributed by atoms with Crippen LogP contribution in [0.25, 0.3) is 11.0 Å². The number of para-hydroxylation sites is 1. The number of nitrogens with zero attached hydrogens (tertiary/aromatic N) is 2. The average Bonchev–Trinajstić information content (AvgIpc) is 2.86. The van der Waals surface area contributed by atoms with Crippen LogP contribution in [0.3, 0.4) is 0 Å². The highest BCUT2D eigenvalue weighted by Crippen LogP contribution is 2.22. The molecular weight excluding hydrogens is 296 g/mol. The molecule has 0 aliphatic rings. The van der Waals surface area contributed by atoms with E-state index in [4.69, 9.17) is 16.3 Å². The maximum atomic E-state index is 5.88. The molecule has 0 N–H and O–H groups in total. The fourth-order valence-electron chi connectivity index (χ4n) is 2.53. The van der Waals surface area contributed by atoms with E-state index in [1.165, 1.54) is 5.56 Å². The first-order valence-electron chi connectivity index (χ1n) is 7.13. The highest BCUT2D eigenvalue weighted by molar-refractivity contribution is 6.30. The Labute approximate surface area is 134 Å². The maximum absolute atomic E-state index is 5.88. The number of aromatic nitrogens is 2. The van der Waals surface area contributed by atoms with Crippen LogP contribution in [0.2, 0.25) is 5.02 Å². The zero-order chi connectivity index (χ0) is 15.5. The Morgan fingerprint density at radius 1 is 1.23 bits per heavy atom. The Balaban J connectivity index is 1.92. The van der Waals surface area contributed by atoms with Crippen molar-refractivity contribution in [3.05, 3.63) is 71.5 Å². The lowest BCUT2D eigenvalue weighted by Crippen LogP contribution is -2.06. The van der Waals surface area contributed by atoms with Crippen molar-refractivity contribution in [3.8, 4) is 5.75 Å². The normalized spacial score (nSPS) is 10.8. The molecule has 1 aromatic heterocycles. The molecule has 0 spiro atoms. The molecule has 2 aromatic carbocycles. The number of ether oxygens (including phenoxy) is 1. The van der Waals surface area contributed by atoms with Crippen LogP contribution in [-0.2, 0) is 13.2 Å². The first-order chi connectivity index (χ1) is 10.7. The second-order valence-electron chi connectivity index (χ2n) is 5.11. The van der Waals surface area contributed by atoms with Crippen LogP contribution in [0, 0.1) is 6.92 Å². The molecular formula is C18H17ClN2O. The van der Waals surface area contributed by atoms with Crippen LogP contribution < -0.4 is 4.74 Å². The quantitative estimate of drug-likeness (QED) is 0.635. The van der Waals surface area contributed by atoms with E-state index in [1.54, 1.807) is 0 Å². The molecule has 0 saturated carbocycles. The zero-order valence-corrected chi connectivity index (χ0v) is 13.2. The first-order valence-corrected chi connectivity index (χ1v) is 7.51. The summed E-state index contributed by atoms with van der Waals surface area (Å²) in [5.74, 6) is 1.66. The van der Waals surface area contributed by atoms with Gasteiger partial charge in [-0.25, -0.2) is 4.98 Å². The van der Waals surface area contributed by atoms with Gasteiger partial charge in [-0.3, -0.25) is 0 Å². The van der Waals surface area contributed by atoms with E-state index in [0.717, 1.165) is 22.6 Å². The van der Waals surface area contributed by atoms with Gasteiger partial charge in [-0.05, 0) is 42.8 Å². The molecule has 1 heterocycles. The van der Waals surface area contributed by atoms with E-state index in [1.807, 2.05) is 42.5 Å². The Bertz CT molecular complexity index is 806. The SMILES string of the molecule is C=CCn1c(COc2ccc(Cl)cc2)nc2cccc(C)c21. The predicted molar refractivity (Wildman–Crippen MR) is 90.5 cm³/mol. The van der Waals surface area contributed by atoms with Crippen LogP contribution in [0.5, 0.6) is 5.75 Å². The molecule has 0 fully saturated rings. The van der Waals surface area contributed by atoms with Crippen molar-refractivity contribution in [1.82, 2.24) is 9.55 Å². The second kappa shape index (κ2) is 6.24. The lowest BCUT2D eigenvalue weighted by atomic mass is 10.2. The summed E-state index contributed by atoms with van der Waals surface area (Å²) in [6.07, 6.45) is 1.87. The molecule has 0 saturated heterocycles. The lowest BCUT2D eigenvalue weighted by molar-refractivity contribution is 0.291. The van der Waals surface area contributed by atoms with E-state index < -0.39 is 0 Å². The number of halogens is 1. The highest BCUT2D eigenvalue weighted by Gasteiger charge is 2.12. The summed E-state index contributed by atoms with van der Waals surface area (Å²) in [5.41, 5.74) is 3.32. The van der Waals surface area contributed by atoms with Gasteiger partial charge in [0.15, 0.2) is 0 Å². The molecule has 0 aliphatic carbocycles. The molecule has 0 aliphatic heterocycles. The minimum Gasteiger partial charge on any atom is -0.486 e. The molecule has 0 bridgehead atoms. The van der Waals surface area contributed by atoms with Crippen molar-refractivity contribution < 1.29 is 4.74 Å². The average molecular weight is 313 g/mol. The number of aryl methyl sites for hydroxylation is 1. The van der Waals surface area contributed by atoms with Gasteiger partial charge in [-0.15, -0.1) is 6.58 Å².